The minimum atomic E-state index is 0.0171. The van der Waals surface area contributed by atoms with Crippen LogP contribution in [-0.4, -0.2) is 29.1 Å². The maximum atomic E-state index is 11.8. The predicted octanol–water partition coefficient (Wildman–Crippen LogP) is 5.85. The van der Waals surface area contributed by atoms with Gasteiger partial charge in [-0.3, -0.25) is 10.2 Å². The van der Waals surface area contributed by atoms with Gasteiger partial charge < -0.3 is 10.3 Å². The molecule has 3 rings (SSSR count). The summed E-state index contributed by atoms with van der Waals surface area (Å²) in [5, 5.41) is 13.5. The van der Waals surface area contributed by atoms with E-state index < -0.39 is 0 Å². The molecule has 2 aromatic carbocycles. The van der Waals surface area contributed by atoms with E-state index in [1.807, 2.05) is 18.7 Å². The maximum Gasteiger partial charge on any atom is 0.222 e. The molecule has 29 heavy (non-hydrogen) atoms. The van der Waals surface area contributed by atoms with E-state index in [-0.39, 0.29) is 11.7 Å². The van der Waals surface area contributed by atoms with Crippen molar-refractivity contribution in [3.8, 4) is 11.1 Å². The van der Waals surface area contributed by atoms with Crippen molar-refractivity contribution in [2.24, 2.45) is 4.99 Å². The van der Waals surface area contributed by atoms with Gasteiger partial charge in [0.25, 0.3) is 0 Å². The SMILES string of the molecule is CCC(=O)N1Cc2ccc(-c3ccc(Br)cc3)cc2C1.CCCC=NC(=N)C=N. The van der Waals surface area contributed by atoms with E-state index in [0.717, 1.165) is 36.6 Å². The van der Waals surface area contributed by atoms with Crippen LogP contribution in [0.25, 0.3) is 11.1 Å². The molecule has 0 aromatic heterocycles. The molecule has 2 aromatic rings. The molecule has 0 atom stereocenters. The Morgan fingerprint density at radius 1 is 1.10 bits per heavy atom. The molecule has 1 heterocycles. The number of carbonyl (C=O) groups is 1. The number of unbranched alkanes of at least 4 members (excludes halogenated alkanes) is 1. The molecule has 2 N–H and O–H groups in total. The zero-order chi connectivity index (χ0) is 21.2. The minimum absolute atomic E-state index is 0.0171. The van der Waals surface area contributed by atoms with Crippen molar-refractivity contribution < 1.29 is 4.79 Å². The fraction of sp³-hybridized carbons (Fsp3) is 0.304. The molecule has 0 saturated carbocycles. The molecule has 0 aliphatic carbocycles. The zero-order valence-electron chi connectivity index (χ0n) is 16.9. The highest BCUT2D eigenvalue weighted by atomic mass is 79.9. The highest BCUT2D eigenvalue weighted by Gasteiger charge is 2.22. The third-order valence-corrected chi connectivity index (χ3v) is 5.07. The molecule has 0 fully saturated rings. The van der Waals surface area contributed by atoms with Gasteiger partial charge in [0.05, 0.1) is 6.21 Å². The molecule has 0 unspecified atom stereocenters. The van der Waals surface area contributed by atoms with E-state index in [9.17, 15) is 4.79 Å². The summed E-state index contributed by atoms with van der Waals surface area (Å²) in [5.41, 5.74) is 4.96. The Labute approximate surface area is 181 Å². The molecule has 0 saturated heterocycles. The normalized spacial score (nSPS) is 12.3. The van der Waals surface area contributed by atoms with Crippen LogP contribution in [0.4, 0.5) is 0 Å². The lowest BCUT2D eigenvalue weighted by molar-refractivity contribution is -0.131. The average Bonchev–Trinajstić information content (AvgIpc) is 3.17. The summed E-state index contributed by atoms with van der Waals surface area (Å²) in [6, 6.07) is 14.8. The largest absolute Gasteiger partial charge is 0.334 e. The lowest BCUT2D eigenvalue weighted by Gasteiger charge is -2.13. The Morgan fingerprint density at radius 2 is 1.76 bits per heavy atom. The van der Waals surface area contributed by atoms with Crippen molar-refractivity contribution in [2.75, 3.05) is 0 Å². The molecule has 0 bridgehead atoms. The van der Waals surface area contributed by atoms with Gasteiger partial charge in [-0.15, -0.1) is 0 Å². The van der Waals surface area contributed by atoms with E-state index in [0.29, 0.717) is 6.42 Å². The van der Waals surface area contributed by atoms with Crippen molar-refractivity contribution in [1.29, 1.82) is 10.8 Å². The number of fused-ring (bicyclic) bond motifs is 1. The van der Waals surface area contributed by atoms with Crippen molar-refractivity contribution in [3.05, 3.63) is 58.1 Å². The first-order valence-electron chi connectivity index (χ1n) is 9.75. The number of carbonyl (C=O) groups excluding carboxylic acids is 1. The first kappa shape index (κ1) is 22.7. The topological polar surface area (TPSA) is 80.4 Å². The Morgan fingerprint density at radius 3 is 2.38 bits per heavy atom. The smallest absolute Gasteiger partial charge is 0.222 e. The van der Waals surface area contributed by atoms with Gasteiger partial charge in [-0.05, 0) is 46.9 Å². The fourth-order valence-electron chi connectivity index (χ4n) is 2.95. The van der Waals surface area contributed by atoms with Gasteiger partial charge in [0.1, 0.15) is 0 Å². The van der Waals surface area contributed by atoms with Crippen molar-refractivity contribution in [3.63, 3.8) is 0 Å². The first-order valence-corrected chi connectivity index (χ1v) is 10.5. The molecule has 1 amide bonds. The summed E-state index contributed by atoms with van der Waals surface area (Å²) in [5.74, 6) is 0.245. The van der Waals surface area contributed by atoms with Crippen molar-refractivity contribution >= 4 is 40.1 Å². The highest BCUT2D eigenvalue weighted by Crippen LogP contribution is 2.29. The standard InChI is InChI=1S/C17H16BrNO.C6H11N3/c1-2-17(20)19-10-14-4-3-13(9-15(14)11-19)12-5-7-16(18)8-6-12;1-2-3-4-9-6(8)5-7/h3-9H,2,10-11H2,1H3;4-5,7-8H,2-3H2,1H3. The van der Waals surface area contributed by atoms with E-state index >= 15 is 0 Å². The zero-order valence-corrected chi connectivity index (χ0v) is 18.5. The molecule has 0 radical (unpaired) electrons. The second kappa shape index (κ2) is 11.4. The molecular weight excluding hydrogens is 428 g/mol. The first-order chi connectivity index (χ1) is 14.0. The number of hydrogen-bond acceptors (Lipinski definition) is 3. The molecule has 1 aliphatic heterocycles. The number of halogens is 1. The van der Waals surface area contributed by atoms with Crippen LogP contribution in [0.15, 0.2) is 51.9 Å². The number of hydrogen-bond donors (Lipinski definition) is 2. The monoisotopic (exact) mass is 454 g/mol. The van der Waals surface area contributed by atoms with Gasteiger partial charge in [0, 0.05) is 30.2 Å². The summed E-state index contributed by atoms with van der Waals surface area (Å²) >= 11 is 3.46. The van der Waals surface area contributed by atoms with E-state index in [1.54, 1.807) is 6.21 Å². The van der Waals surface area contributed by atoms with Crippen molar-refractivity contribution in [2.45, 2.75) is 46.2 Å². The summed E-state index contributed by atoms with van der Waals surface area (Å²) in [6.07, 6.45) is 5.08. The van der Waals surface area contributed by atoms with Crippen LogP contribution in [0.3, 0.4) is 0 Å². The predicted molar refractivity (Wildman–Crippen MR) is 124 cm³/mol. The van der Waals surface area contributed by atoms with Crippen LogP contribution >= 0.6 is 15.9 Å². The number of nitrogens with zero attached hydrogens (tertiary/aromatic N) is 2. The quantitative estimate of drug-likeness (QED) is 0.430. The van der Waals surface area contributed by atoms with Gasteiger partial charge in [0.15, 0.2) is 5.84 Å². The molecule has 1 aliphatic rings. The van der Waals surface area contributed by atoms with Crippen molar-refractivity contribution in [1.82, 2.24) is 4.90 Å². The average molecular weight is 455 g/mol. The highest BCUT2D eigenvalue weighted by molar-refractivity contribution is 9.10. The molecule has 152 valence electrons. The van der Waals surface area contributed by atoms with Crippen LogP contribution < -0.4 is 0 Å². The minimum Gasteiger partial charge on any atom is -0.334 e. The maximum absolute atomic E-state index is 11.8. The van der Waals surface area contributed by atoms with Crippen LogP contribution in [0.1, 0.15) is 44.2 Å². The Balaban J connectivity index is 0.000000284. The van der Waals surface area contributed by atoms with E-state index in [1.165, 1.54) is 22.3 Å². The van der Waals surface area contributed by atoms with Crippen LogP contribution in [-0.2, 0) is 17.9 Å². The van der Waals surface area contributed by atoms with E-state index in [2.05, 4.69) is 63.4 Å². The second-order valence-electron chi connectivity index (χ2n) is 6.72. The summed E-state index contributed by atoms with van der Waals surface area (Å²) in [6.45, 7) is 5.45. The Kier molecular flexibility index (Phi) is 8.93. The number of benzene rings is 2. The number of rotatable bonds is 5. The summed E-state index contributed by atoms with van der Waals surface area (Å²) < 4.78 is 1.09. The van der Waals surface area contributed by atoms with Gasteiger partial charge in [-0.25, -0.2) is 4.99 Å². The Bertz CT molecular complexity index is 890. The number of nitrogens with one attached hydrogen (secondary N) is 2. The number of aliphatic imine (C=N–C) groups is 1. The third-order valence-electron chi connectivity index (χ3n) is 4.55. The van der Waals surface area contributed by atoms with Crippen LogP contribution in [0, 0.1) is 10.8 Å². The number of amides is 1. The lowest BCUT2D eigenvalue weighted by Crippen LogP contribution is -2.23. The number of amidine groups is 1. The fourth-order valence-corrected chi connectivity index (χ4v) is 3.21. The van der Waals surface area contributed by atoms with Gasteiger partial charge in [0.2, 0.25) is 5.91 Å². The summed E-state index contributed by atoms with van der Waals surface area (Å²) in [7, 11) is 0. The molecular formula is C23H27BrN4O. The van der Waals surface area contributed by atoms with Crippen LogP contribution in [0.5, 0.6) is 0 Å². The third kappa shape index (κ3) is 6.75. The lowest BCUT2D eigenvalue weighted by atomic mass is 10.0. The molecule has 5 nitrogen and oxygen atoms in total. The molecule has 0 spiro atoms. The van der Waals surface area contributed by atoms with E-state index in [4.69, 9.17) is 10.8 Å². The van der Waals surface area contributed by atoms with Gasteiger partial charge in [-0.2, -0.15) is 0 Å². The van der Waals surface area contributed by atoms with Gasteiger partial charge in [-0.1, -0.05) is 60.5 Å². The second-order valence-corrected chi connectivity index (χ2v) is 7.64. The van der Waals surface area contributed by atoms with Crippen LogP contribution in [0.2, 0.25) is 0 Å². The Hall–Kier alpha value is -2.60. The molecule has 6 heteroatoms. The van der Waals surface area contributed by atoms with Gasteiger partial charge >= 0.3 is 0 Å². The summed E-state index contributed by atoms with van der Waals surface area (Å²) in [4.78, 5) is 17.4.